The first kappa shape index (κ1) is 33.8. The van der Waals surface area contributed by atoms with Crippen LogP contribution in [0.2, 0.25) is 0 Å². The maximum Gasteiger partial charge on any atom is 0.407 e. The average molecular weight is 727 g/mol. The van der Waals surface area contributed by atoms with Crippen LogP contribution < -0.4 is 10.6 Å². The van der Waals surface area contributed by atoms with Crippen molar-refractivity contribution in [3.05, 3.63) is 84.7 Å². The number of carbonyl (C=O) groups excluding carboxylic acids is 4. The summed E-state index contributed by atoms with van der Waals surface area (Å²) in [5.41, 5.74) is 6.21. The smallest absolute Gasteiger partial charge is 0.407 e. The molecular formula is C41H42N8O5. The molecule has 1 spiro atoms. The highest BCUT2D eigenvalue weighted by molar-refractivity contribution is 5.91. The fraction of sp³-hybridized carbons (Fsp3) is 0.366. The fourth-order valence-corrected chi connectivity index (χ4v) is 9.06. The molecule has 13 nitrogen and oxygen atoms in total. The third-order valence-corrected chi connectivity index (χ3v) is 12.0. The van der Waals surface area contributed by atoms with Crippen LogP contribution in [0.25, 0.3) is 44.4 Å². The zero-order valence-corrected chi connectivity index (χ0v) is 30.0. The van der Waals surface area contributed by atoms with Gasteiger partial charge in [0.1, 0.15) is 18.2 Å². The second kappa shape index (κ2) is 13.5. The highest BCUT2D eigenvalue weighted by Crippen LogP contribution is 2.58. The number of H-pyrrole nitrogens is 2. The molecule has 4 amide bonds. The highest BCUT2D eigenvalue weighted by atomic mass is 16.5. The molecule has 2 aliphatic carbocycles. The number of likely N-dealkylation sites (tertiary alicyclic amines) is 2. The molecule has 13 heteroatoms. The van der Waals surface area contributed by atoms with E-state index in [2.05, 4.69) is 86.0 Å². The molecule has 4 atom stereocenters. The number of aromatic amines is 2. The van der Waals surface area contributed by atoms with Gasteiger partial charge in [0.25, 0.3) is 0 Å². The van der Waals surface area contributed by atoms with Gasteiger partial charge in [0, 0.05) is 18.2 Å². The number of rotatable bonds is 10. The van der Waals surface area contributed by atoms with Crippen LogP contribution in [0, 0.1) is 11.3 Å². The Bertz CT molecular complexity index is 2260. The van der Waals surface area contributed by atoms with E-state index in [0.717, 1.165) is 94.6 Å². The Kier molecular flexibility index (Phi) is 8.43. The quantitative estimate of drug-likeness (QED) is 0.138. The summed E-state index contributed by atoms with van der Waals surface area (Å²) in [6, 6.07) is 21.1. The second-order valence-electron chi connectivity index (χ2n) is 15.3. The second-order valence-corrected chi connectivity index (χ2v) is 15.3. The summed E-state index contributed by atoms with van der Waals surface area (Å²) in [5.74, 6) is 1.69. The van der Waals surface area contributed by atoms with Gasteiger partial charge in [0.2, 0.25) is 18.2 Å². The molecule has 2 aliphatic heterocycles. The number of alkyl carbamates (subject to hydrolysis) is 1. The lowest BCUT2D eigenvalue weighted by molar-refractivity contribution is -0.135. The van der Waals surface area contributed by atoms with Crippen LogP contribution in [0.1, 0.15) is 62.3 Å². The summed E-state index contributed by atoms with van der Waals surface area (Å²) in [6.07, 6.45) is 9.72. The number of piperidine rings is 1. The number of benzene rings is 3. The summed E-state index contributed by atoms with van der Waals surface area (Å²) in [7, 11) is 1.28. The molecule has 276 valence electrons. The van der Waals surface area contributed by atoms with E-state index in [1.165, 1.54) is 7.11 Å². The van der Waals surface area contributed by atoms with Gasteiger partial charge in [-0.05, 0) is 89.5 Å². The van der Waals surface area contributed by atoms with E-state index in [-0.39, 0.29) is 48.4 Å². The van der Waals surface area contributed by atoms with Crippen molar-refractivity contribution in [2.45, 2.75) is 56.7 Å². The van der Waals surface area contributed by atoms with E-state index in [1.807, 2.05) is 22.2 Å². The van der Waals surface area contributed by atoms with Crippen LogP contribution in [0.4, 0.5) is 4.79 Å². The molecule has 4 heterocycles. The van der Waals surface area contributed by atoms with E-state index in [4.69, 9.17) is 9.97 Å². The standard InChI is InChI=1S/C41H42N8O5/c1-54-40(53)45-21-36(52)49-31-11-10-30(16-31)37(49)39-44-19-33(47-39)29-9-8-27-14-26(6-7-28(27)15-29)24-2-4-25(5-3-24)32-18-43-38(46-32)34-17-41(12-13-41)22-48(34)35(51)20-42-23-50/h2-9,14-15,18-19,23,30-31,34,37H,10-13,16-17,20-22H2,1H3,(H,42,50)(H,43,46)(H,44,47)(H,45,53). The maximum absolute atomic E-state index is 13.2. The van der Waals surface area contributed by atoms with Crippen molar-refractivity contribution in [1.82, 2.24) is 40.4 Å². The van der Waals surface area contributed by atoms with Crippen LogP contribution in [0.15, 0.2) is 73.1 Å². The Balaban J connectivity index is 0.890. The molecule has 4 fully saturated rings. The van der Waals surface area contributed by atoms with E-state index in [1.54, 1.807) is 0 Å². The molecule has 2 saturated carbocycles. The summed E-state index contributed by atoms with van der Waals surface area (Å²) in [6.45, 7) is 0.606. The minimum atomic E-state index is -0.619. The van der Waals surface area contributed by atoms with Crippen molar-refractivity contribution in [1.29, 1.82) is 0 Å². The lowest BCUT2D eigenvalue weighted by Gasteiger charge is -2.34. The average Bonchev–Trinajstić information content (AvgIpc) is 3.83. The first-order valence-corrected chi connectivity index (χ1v) is 18.7. The Labute approximate surface area is 311 Å². The number of aromatic nitrogens is 4. The number of nitrogens with one attached hydrogen (secondary N) is 4. The number of nitrogens with zero attached hydrogens (tertiary/aromatic N) is 4. The number of ether oxygens (including phenoxy) is 1. The number of hydrogen-bond acceptors (Lipinski definition) is 7. The molecule has 0 radical (unpaired) electrons. The van der Waals surface area contributed by atoms with Gasteiger partial charge in [-0.25, -0.2) is 14.8 Å². The SMILES string of the molecule is COC(=O)NCC(=O)N1C2CCC(C2)C1c1ncc(-c2ccc3cc(-c4ccc(-c5cnc(C6CC7(CC7)CN6C(=O)CNC=O)[nH]5)cc4)ccc3c2)[nH]1. The summed E-state index contributed by atoms with van der Waals surface area (Å²) in [5, 5.41) is 7.26. The topological polar surface area (TPSA) is 165 Å². The van der Waals surface area contributed by atoms with Crippen molar-refractivity contribution in [2.75, 3.05) is 26.7 Å². The number of carbonyl (C=O) groups is 4. The van der Waals surface area contributed by atoms with E-state index in [9.17, 15) is 19.2 Å². The van der Waals surface area contributed by atoms with Gasteiger partial charge >= 0.3 is 6.09 Å². The number of methoxy groups -OCH3 is 1. The maximum atomic E-state index is 13.2. The first-order valence-electron chi connectivity index (χ1n) is 18.7. The number of fused-ring (bicyclic) bond motifs is 3. The van der Waals surface area contributed by atoms with Crippen LogP contribution in [-0.4, -0.2) is 86.8 Å². The van der Waals surface area contributed by atoms with Crippen molar-refractivity contribution < 1.29 is 23.9 Å². The van der Waals surface area contributed by atoms with E-state index >= 15 is 0 Å². The summed E-state index contributed by atoms with van der Waals surface area (Å²) >= 11 is 0. The van der Waals surface area contributed by atoms with E-state index in [0.29, 0.717) is 18.9 Å². The van der Waals surface area contributed by atoms with Crippen LogP contribution in [0.3, 0.4) is 0 Å². The van der Waals surface area contributed by atoms with Crippen LogP contribution >= 0.6 is 0 Å². The lowest BCUT2D eigenvalue weighted by atomic mass is 9.97. The first-order chi connectivity index (χ1) is 26.3. The molecule has 2 saturated heterocycles. The van der Waals surface area contributed by atoms with Crippen molar-refractivity contribution in [3.63, 3.8) is 0 Å². The number of hydrogen-bond donors (Lipinski definition) is 4. The Morgan fingerprint density at radius 3 is 2.26 bits per heavy atom. The molecule has 3 aromatic carbocycles. The minimum absolute atomic E-state index is 0.00266. The van der Waals surface area contributed by atoms with Crippen LogP contribution in [0.5, 0.6) is 0 Å². The molecule has 2 bridgehead atoms. The molecule has 5 aromatic rings. The normalized spacial score (nSPS) is 22.2. The Morgan fingerprint density at radius 2 is 1.52 bits per heavy atom. The molecular weight excluding hydrogens is 685 g/mol. The van der Waals surface area contributed by atoms with Gasteiger partial charge in [-0.1, -0.05) is 48.5 Å². The van der Waals surface area contributed by atoms with Gasteiger partial charge in [-0.2, -0.15) is 0 Å². The zero-order chi connectivity index (χ0) is 37.0. The molecule has 4 unspecified atom stereocenters. The minimum Gasteiger partial charge on any atom is -0.453 e. The van der Waals surface area contributed by atoms with Crippen molar-refractivity contribution in [3.8, 4) is 33.6 Å². The van der Waals surface area contributed by atoms with Gasteiger partial charge in [0.05, 0.1) is 49.5 Å². The predicted octanol–water partition coefficient (Wildman–Crippen LogP) is 5.49. The van der Waals surface area contributed by atoms with Gasteiger partial charge < -0.3 is 35.1 Å². The summed E-state index contributed by atoms with van der Waals surface area (Å²) < 4.78 is 4.64. The third-order valence-electron chi connectivity index (χ3n) is 12.0. The van der Waals surface area contributed by atoms with Crippen molar-refractivity contribution in [2.24, 2.45) is 11.3 Å². The van der Waals surface area contributed by atoms with E-state index < -0.39 is 6.09 Å². The zero-order valence-electron chi connectivity index (χ0n) is 30.0. The van der Waals surface area contributed by atoms with Gasteiger partial charge in [-0.15, -0.1) is 0 Å². The molecule has 4 aliphatic rings. The molecule has 4 N–H and O–H groups in total. The Hall–Kier alpha value is -5.98. The predicted molar refractivity (Wildman–Crippen MR) is 200 cm³/mol. The van der Waals surface area contributed by atoms with Gasteiger partial charge in [-0.3, -0.25) is 14.4 Å². The van der Waals surface area contributed by atoms with Gasteiger partial charge in [0.15, 0.2) is 0 Å². The lowest BCUT2D eigenvalue weighted by Crippen LogP contribution is -2.45. The highest BCUT2D eigenvalue weighted by Gasteiger charge is 2.54. The third kappa shape index (κ3) is 6.16. The monoisotopic (exact) mass is 726 g/mol. The van der Waals surface area contributed by atoms with Crippen LogP contribution in [-0.2, 0) is 19.1 Å². The molecule has 9 rings (SSSR count). The number of imidazole rings is 2. The van der Waals surface area contributed by atoms with Crippen molar-refractivity contribution >= 4 is 35.1 Å². The Morgan fingerprint density at radius 1 is 0.852 bits per heavy atom. The number of amides is 4. The molecule has 54 heavy (non-hydrogen) atoms. The summed E-state index contributed by atoms with van der Waals surface area (Å²) in [4.78, 5) is 68.7. The molecule has 2 aromatic heterocycles. The largest absolute Gasteiger partial charge is 0.453 e. The fourth-order valence-electron chi connectivity index (χ4n) is 9.06.